The Hall–Kier alpha value is -3.50. The summed E-state index contributed by atoms with van der Waals surface area (Å²) in [6.07, 6.45) is 3.66. The van der Waals surface area contributed by atoms with Crippen LogP contribution in [0.1, 0.15) is 35.2 Å². The molecule has 0 amide bonds. The molecule has 2 aromatic carbocycles. The van der Waals surface area contributed by atoms with Crippen molar-refractivity contribution in [3.8, 4) is 0 Å². The van der Waals surface area contributed by atoms with Crippen LogP contribution in [0.5, 0.6) is 0 Å². The zero-order valence-electron chi connectivity index (χ0n) is 18.2. The van der Waals surface area contributed by atoms with Gasteiger partial charge in [0.25, 0.3) is 15.8 Å². The fourth-order valence-corrected chi connectivity index (χ4v) is 4.76. The molecule has 0 bridgehead atoms. The highest BCUT2D eigenvalue weighted by molar-refractivity contribution is 7.89. The molecule has 3 N–H and O–H groups in total. The van der Waals surface area contributed by atoms with Crippen molar-refractivity contribution in [1.82, 2.24) is 24.4 Å². The molecule has 0 saturated carbocycles. The number of sulfonamides is 1. The first kappa shape index (κ1) is 21.4. The van der Waals surface area contributed by atoms with Crippen molar-refractivity contribution in [1.29, 1.82) is 0 Å². The summed E-state index contributed by atoms with van der Waals surface area (Å²) in [5.74, 6) is 1.40. The van der Waals surface area contributed by atoms with Crippen LogP contribution in [0.15, 0.2) is 59.5 Å². The van der Waals surface area contributed by atoms with E-state index < -0.39 is 10.0 Å². The molecule has 170 valence electrons. The van der Waals surface area contributed by atoms with Gasteiger partial charge in [0.05, 0.1) is 10.6 Å². The second-order valence-electron chi connectivity index (χ2n) is 8.12. The first-order valence-electron chi connectivity index (χ1n) is 10.9. The van der Waals surface area contributed by atoms with Gasteiger partial charge >= 0.3 is 0 Å². The highest BCUT2D eigenvalue weighted by atomic mass is 32.2. The number of rotatable bonds is 7. The maximum Gasteiger partial charge on any atom is 0.257 e. The van der Waals surface area contributed by atoms with Gasteiger partial charge in [-0.25, -0.2) is 13.4 Å². The van der Waals surface area contributed by atoms with Gasteiger partial charge in [-0.3, -0.25) is 5.43 Å². The Morgan fingerprint density at radius 2 is 1.73 bits per heavy atom. The second-order valence-corrected chi connectivity index (χ2v) is 9.81. The summed E-state index contributed by atoms with van der Waals surface area (Å²) in [4.78, 5) is 11.9. The monoisotopic (exact) mass is 463 g/mol. The lowest BCUT2D eigenvalue weighted by molar-refractivity contribution is 0.586. The number of aromatic nitrogens is 4. The molecular weight excluding hydrogens is 438 g/mol. The largest absolute Gasteiger partial charge is 0.349 e. The van der Waals surface area contributed by atoms with Gasteiger partial charge in [0, 0.05) is 12.1 Å². The first-order valence-corrected chi connectivity index (χ1v) is 12.4. The van der Waals surface area contributed by atoms with E-state index >= 15 is 0 Å². The maximum atomic E-state index is 12.8. The number of fused-ring (bicyclic) bond motifs is 2. The second kappa shape index (κ2) is 8.80. The normalized spacial score (nSPS) is 13.6. The smallest absolute Gasteiger partial charge is 0.257 e. The zero-order chi connectivity index (χ0) is 22.8. The number of aryl methyl sites for hydroxylation is 2. The predicted molar refractivity (Wildman–Crippen MR) is 126 cm³/mol. The third-order valence-electron chi connectivity index (χ3n) is 5.69. The van der Waals surface area contributed by atoms with Gasteiger partial charge in [0.1, 0.15) is 0 Å². The van der Waals surface area contributed by atoms with E-state index in [2.05, 4.69) is 25.7 Å². The Morgan fingerprint density at radius 1 is 0.970 bits per heavy atom. The Bertz CT molecular complexity index is 1380. The topological polar surface area (TPSA) is 113 Å². The van der Waals surface area contributed by atoms with Gasteiger partial charge in [0.2, 0.25) is 5.95 Å². The van der Waals surface area contributed by atoms with Crippen molar-refractivity contribution in [2.75, 3.05) is 10.7 Å². The van der Waals surface area contributed by atoms with E-state index in [0.717, 1.165) is 48.1 Å². The van der Waals surface area contributed by atoms with Crippen molar-refractivity contribution in [3.05, 3.63) is 77.0 Å². The molecule has 0 fully saturated rings. The minimum absolute atomic E-state index is 0.184. The van der Waals surface area contributed by atoms with Crippen LogP contribution < -0.4 is 15.6 Å². The van der Waals surface area contributed by atoms with Gasteiger partial charge in [0.15, 0.2) is 5.82 Å². The van der Waals surface area contributed by atoms with Crippen LogP contribution in [0, 0.1) is 6.92 Å². The highest BCUT2D eigenvalue weighted by Crippen LogP contribution is 2.27. The third kappa shape index (κ3) is 4.53. The summed E-state index contributed by atoms with van der Waals surface area (Å²) in [5.41, 5.74) is 6.89. The molecule has 1 aliphatic rings. The Balaban J connectivity index is 1.45. The van der Waals surface area contributed by atoms with E-state index in [1.54, 1.807) is 28.8 Å². The SMILES string of the molecule is Cc1ccc(S(=O)(=O)NNc2c3c(nc4nc(NCc5ccccc5)nn24)CCCC3)cc1. The number of nitrogens with one attached hydrogen (secondary N) is 3. The molecule has 33 heavy (non-hydrogen) atoms. The van der Waals surface area contributed by atoms with Crippen molar-refractivity contribution in [3.63, 3.8) is 0 Å². The molecular formula is C23H25N7O2S. The quantitative estimate of drug-likeness (QED) is 0.361. The number of anilines is 2. The number of benzene rings is 2. The molecule has 10 heteroatoms. The predicted octanol–water partition coefficient (Wildman–Crippen LogP) is 3.23. The number of nitrogens with zero attached hydrogens (tertiary/aromatic N) is 4. The van der Waals surface area contributed by atoms with Crippen LogP contribution in [-0.2, 0) is 29.4 Å². The van der Waals surface area contributed by atoms with Crippen LogP contribution >= 0.6 is 0 Å². The third-order valence-corrected chi connectivity index (χ3v) is 6.95. The van der Waals surface area contributed by atoms with E-state index in [4.69, 9.17) is 4.98 Å². The van der Waals surface area contributed by atoms with Crippen molar-refractivity contribution < 1.29 is 8.42 Å². The highest BCUT2D eigenvalue weighted by Gasteiger charge is 2.22. The average Bonchev–Trinajstić information content (AvgIpc) is 3.24. The average molecular weight is 464 g/mol. The Kier molecular flexibility index (Phi) is 5.69. The fourth-order valence-electron chi connectivity index (χ4n) is 3.91. The zero-order valence-corrected chi connectivity index (χ0v) is 19.1. The molecule has 4 aromatic rings. The summed E-state index contributed by atoms with van der Waals surface area (Å²) in [5, 5.41) is 7.78. The standard InChI is InChI=1S/C23H25N7O2S/c1-16-11-13-18(14-12-16)33(31,32)29-27-21-19-9-5-6-10-20(19)25-23-26-22(28-30(21)23)24-15-17-7-3-2-4-8-17/h2-4,7-8,11-14,27,29H,5-6,9-10,15H2,1H3,(H,24,28). The van der Waals surface area contributed by atoms with E-state index in [0.29, 0.717) is 24.1 Å². The molecule has 0 unspecified atom stereocenters. The van der Waals surface area contributed by atoms with Gasteiger partial charge in [-0.15, -0.1) is 9.93 Å². The van der Waals surface area contributed by atoms with Crippen molar-refractivity contribution in [2.24, 2.45) is 0 Å². The lowest BCUT2D eigenvalue weighted by Crippen LogP contribution is -2.32. The first-order chi connectivity index (χ1) is 16.0. The lowest BCUT2D eigenvalue weighted by atomic mass is 9.96. The lowest BCUT2D eigenvalue weighted by Gasteiger charge is -2.20. The minimum Gasteiger partial charge on any atom is -0.349 e. The van der Waals surface area contributed by atoms with Gasteiger partial charge in [-0.1, -0.05) is 48.0 Å². The van der Waals surface area contributed by atoms with Crippen molar-refractivity contribution in [2.45, 2.75) is 44.0 Å². The van der Waals surface area contributed by atoms with Crippen molar-refractivity contribution >= 4 is 27.6 Å². The molecule has 1 aliphatic carbocycles. The molecule has 5 rings (SSSR count). The van der Waals surface area contributed by atoms with Gasteiger partial charge in [-0.2, -0.15) is 9.50 Å². The summed E-state index contributed by atoms with van der Waals surface area (Å²) in [7, 11) is -3.77. The summed E-state index contributed by atoms with van der Waals surface area (Å²) in [6, 6.07) is 16.7. The molecule has 0 radical (unpaired) electrons. The van der Waals surface area contributed by atoms with E-state index in [-0.39, 0.29) is 4.90 Å². The van der Waals surface area contributed by atoms with Crippen LogP contribution in [0.4, 0.5) is 11.8 Å². The van der Waals surface area contributed by atoms with E-state index in [9.17, 15) is 8.42 Å². The fraction of sp³-hybridized carbons (Fsp3) is 0.261. The maximum absolute atomic E-state index is 12.8. The van der Waals surface area contributed by atoms with Crippen LogP contribution in [0.3, 0.4) is 0 Å². The molecule has 0 spiro atoms. The number of hydrogen-bond donors (Lipinski definition) is 3. The van der Waals surface area contributed by atoms with Crippen LogP contribution in [0.2, 0.25) is 0 Å². The van der Waals surface area contributed by atoms with Gasteiger partial charge in [-0.05, 0) is 50.3 Å². The molecule has 2 aromatic heterocycles. The minimum atomic E-state index is -3.77. The molecule has 0 aliphatic heterocycles. The summed E-state index contributed by atoms with van der Waals surface area (Å²) < 4.78 is 27.2. The summed E-state index contributed by atoms with van der Waals surface area (Å²) >= 11 is 0. The van der Waals surface area contributed by atoms with Crippen LogP contribution in [-0.4, -0.2) is 28.0 Å². The number of hydrazine groups is 1. The van der Waals surface area contributed by atoms with E-state index in [1.807, 2.05) is 37.3 Å². The Morgan fingerprint density at radius 3 is 2.52 bits per heavy atom. The van der Waals surface area contributed by atoms with Gasteiger partial charge < -0.3 is 5.32 Å². The summed E-state index contributed by atoms with van der Waals surface area (Å²) in [6.45, 7) is 2.48. The molecule has 0 saturated heterocycles. The Labute approximate surface area is 192 Å². The molecule has 9 nitrogen and oxygen atoms in total. The van der Waals surface area contributed by atoms with Crippen LogP contribution in [0.25, 0.3) is 5.78 Å². The molecule has 0 atom stereocenters. The number of hydrogen-bond acceptors (Lipinski definition) is 7. The molecule has 2 heterocycles. The van der Waals surface area contributed by atoms with E-state index in [1.165, 1.54) is 0 Å².